The van der Waals surface area contributed by atoms with E-state index in [0.717, 1.165) is 32.1 Å². The number of nitrogens with zero attached hydrogens (tertiary/aromatic N) is 1. The van der Waals surface area contributed by atoms with Crippen molar-refractivity contribution in [2.75, 3.05) is 13.1 Å². The molecule has 8 heteroatoms. The molecule has 0 aromatic heterocycles. The molecule has 0 aromatic carbocycles. The Morgan fingerprint density at radius 1 is 1.24 bits per heavy atom. The molecular formula is C21H35N3O5. The summed E-state index contributed by atoms with van der Waals surface area (Å²) in [6.07, 6.45) is 9.94. The van der Waals surface area contributed by atoms with Gasteiger partial charge >= 0.3 is 5.97 Å². The van der Waals surface area contributed by atoms with Gasteiger partial charge in [0, 0.05) is 18.5 Å². The van der Waals surface area contributed by atoms with Crippen LogP contribution in [0, 0.1) is 11.8 Å². The molecule has 1 heterocycles. The van der Waals surface area contributed by atoms with E-state index >= 15 is 0 Å². The summed E-state index contributed by atoms with van der Waals surface area (Å²) in [4.78, 5) is 48.7. The number of rotatable bonds is 13. The van der Waals surface area contributed by atoms with Crippen molar-refractivity contribution in [3.63, 3.8) is 0 Å². The van der Waals surface area contributed by atoms with Crippen molar-refractivity contribution in [1.29, 1.82) is 0 Å². The predicted molar refractivity (Wildman–Crippen MR) is 110 cm³/mol. The second kappa shape index (κ2) is 13.0. The number of carboxylic acids is 1. The lowest BCUT2D eigenvalue weighted by atomic mass is 9.95. The quantitative estimate of drug-likeness (QED) is 0.243. The lowest BCUT2D eigenvalue weighted by Gasteiger charge is -2.30. The molecule has 1 rings (SSSR count). The largest absolute Gasteiger partial charge is 0.480 e. The molecule has 0 aliphatic carbocycles. The molecule has 3 N–H and O–H groups in total. The third-order valence-corrected chi connectivity index (χ3v) is 5.45. The Hall–Kier alpha value is -2.38. The molecule has 164 valence electrons. The Morgan fingerprint density at radius 3 is 2.59 bits per heavy atom. The molecule has 3 amide bonds. The topological polar surface area (TPSA) is 116 Å². The van der Waals surface area contributed by atoms with E-state index in [-0.39, 0.29) is 30.3 Å². The van der Waals surface area contributed by atoms with Crippen LogP contribution in [-0.2, 0) is 19.2 Å². The van der Waals surface area contributed by atoms with Crippen molar-refractivity contribution in [2.24, 2.45) is 11.8 Å². The molecule has 4 unspecified atom stereocenters. The number of hydrogen-bond acceptors (Lipinski definition) is 4. The summed E-state index contributed by atoms with van der Waals surface area (Å²) in [5.41, 5.74) is 0. The maximum Gasteiger partial charge on any atom is 0.326 e. The zero-order chi connectivity index (χ0) is 21.8. The number of amides is 3. The first-order valence-electron chi connectivity index (χ1n) is 10.5. The van der Waals surface area contributed by atoms with Crippen LogP contribution in [-0.4, -0.2) is 59.4 Å². The van der Waals surface area contributed by atoms with E-state index in [1.807, 2.05) is 12.2 Å². The Kier molecular flexibility index (Phi) is 11.0. The van der Waals surface area contributed by atoms with Gasteiger partial charge in [-0.05, 0) is 25.7 Å². The number of allylic oxidation sites excluding steroid dienone is 1. The van der Waals surface area contributed by atoms with Crippen LogP contribution in [0.5, 0.6) is 0 Å². The van der Waals surface area contributed by atoms with Crippen molar-refractivity contribution in [3.05, 3.63) is 12.2 Å². The summed E-state index contributed by atoms with van der Waals surface area (Å²) < 4.78 is 0. The summed E-state index contributed by atoms with van der Waals surface area (Å²) in [7, 11) is 0. The molecular weight excluding hydrogens is 374 g/mol. The fourth-order valence-corrected chi connectivity index (χ4v) is 3.66. The highest BCUT2D eigenvalue weighted by Gasteiger charge is 2.37. The van der Waals surface area contributed by atoms with Crippen molar-refractivity contribution < 1.29 is 24.3 Å². The highest BCUT2D eigenvalue weighted by molar-refractivity contribution is 5.87. The third kappa shape index (κ3) is 7.87. The van der Waals surface area contributed by atoms with Crippen LogP contribution in [0.15, 0.2) is 12.2 Å². The number of carbonyl (C=O) groups excluding carboxylic acids is 3. The maximum absolute atomic E-state index is 12.7. The minimum atomic E-state index is -1.08. The molecule has 29 heavy (non-hydrogen) atoms. The van der Waals surface area contributed by atoms with Crippen LogP contribution in [0.2, 0.25) is 0 Å². The highest BCUT2D eigenvalue weighted by atomic mass is 16.4. The normalized spacial score (nSPS) is 19.6. The van der Waals surface area contributed by atoms with Gasteiger partial charge in [0.25, 0.3) is 0 Å². The van der Waals surface area contributed by atoms with E-state index in [1.165, 1.54) is 0 Å². The average molecular weight is 410 g/mol. The average Bonchev–Trinajstić information content (AvgIpc) is 3.18. The van der Waals surface area contributed by atoms with Crippen LogP contribution >= 0.6 is 0 Å². The Labute approximate surface area is 173 Å². The van der Waals surface area contributed by atoms with E-state index in [2.05, 4.69) is 17.6 Å². The second-order valence-electron chi connectivity index (χ2n) is 7.69. The highest BCUT2D eigenvalue weighted by Crippen LogP contribution is 2.24. The third-order valence-electron chi connectivity index (χ3n) is 5.45. The van der Waals surface area contributed by atoms with Crippen molar-refractivity contribution >= 4 is 24.2 Å². The number of unbranched alkanes of at least 4 members (excludes halogenated alkanes) is 3. The number of likely N-dealkylation sites (tertiary alicyclic amines) is 1. The van der Waals surface area contributed by atoms with E-state index in [1.54, 1.807) is 18.7 Å². The molecule has 4 atom stereocenters. The smallest absolute Gasteiger partial charge is 0.326 e. The molecule has 0 saturated carbocycles. The molecule has 1 saturated heterocycles. The van der Waals surface area contributed by atoms with Crippen LogP contribution in [0.1, 0.15) is 59.3 Å². The van der Waals surface area contributed by atoms with Crippen LogP contribution in [0.25, 0.3) is 0 Å². The van der Waals surface area contributed by atoms with Crippen LogP contribution in [0.3, 0.4) is 0 Å². The fraction of sp³-hybridized carbons (Fsp3) is 0.714. The second-order valence-corrected chi connectivity index (χ2v) is 7.69. The Balaban J connectivity index is 2.70. The fourth-order valence-electron chi connectivity index (χ4n) is 3.66. The lowest BCUT2D eigenvalue weighted by molar-refractivity contribution is -0.144. The zero-order valence-electron chi connectivity index (χ0n) is 17.7. The minimum Gasteiger partial charge on any atom is -0.480 e. The van der Waals surface area contributed by atoms with Gasteiger partial charge in [-0.3, -0.25) is 14.4 Å². The lowest BCUT2D eigenvalue weighted by Crippen LogP contribution is -2.51. The van der Waals surface area contributed by atoms with Gasteiger partial charge < -0.3 is 20.6 Å². The Bertz CT molecular complexity index is 593. The first-order chi connectivity index (χ1) is 13.8. The molecule has 0 spiro atoms. The van der Waals surface area contributed by atoms with E-state index in [9.17, 15) is 24.3 Å². The van der Waals surface area contributed by atoms with Gasteiger partial charge in [0.15, 0.2) is 0 Å². The molecule has 1 fully saturated rings. The van der Waals surface area contributed by atoms with Gasteiger partial charge in [0.1, 0.15) is 6.04 Å². The van der Waals surface area contributed by atoms with E-state index in [0.29, 0.717) is 19.4 Å². The van der Waals surface area contributed by atoms with Gasteiger partial charge in [0.05, 0.1) is 12.5 Å². The summed E-state index contributed by atoms with van der Waals surface area (Å²) in [5, 5.41) is 14.6. The maximum atomic E-state index is 12.7. The summed E-state index contributed by atoms with van der Waals surface area (Å²) in [6, 6.07) is -1.32. The molecule has 0 aromatic rings. The molecule has 0 bridgehead atoms. The number of aliphatic carboxylic acids is 1. The van der Waals surface area contributed by atoms with Crippen LogP contribution in [0.4, 0.5) is 0 Å². The number of hydrogen-bond donors (Lipinski definition) is 3. The van der Waals surface area contributed by atoms with Gasteiger partial charge in [-0.1, -0.05) is 45.8 Å². The minimum absolute atomic E-state index is 0.105. The van der Waals surface area contributed by atoms with Gasteiger partial charge in [-0.15, -0.1) is 0 Å². The molecule has 8 nitrogen and oxygen atoms in total. The van der Waals surface area contributed by atoms with Crippen molar-refractivity contribution in [1.82, 2.24) is 15.5 Å². The predicted octanol–water partition coefficient (Wildman–Crippen LogP) is 1.70. The number of carbonyl (C=O) groups is 4. The van der Waals surface area contributed by atoms with Gasteiger partial charge in [-0.25, -0.2) is 4.79 Å². The SMILES string of the molecule is CCCCC/C=C\C(C)C(NC(=O)C(C)C1CCCN1C(=O)CNC=O)C(=O)O. The Morgan fingerprint density at radius 2 is 1.97 bits per heavy atom. The van der Waals surface area contributed by atoms with Crippen molar-refractivity contribution in [2.45, 2.75) is 71.4 Å². The van der Waals surface area contributed by atoms with Gasteiger partial charge in [-0.2, -0.15) is 0 Å². The van der Waals surface area contributed by atoms with Crippen molar-refractivity contribution in [3.8, 4) is 0 Å². The van der Waals surface area contributed by atoms with Gasteiger partial charge in [0.2, 0.25) is 18.2 Å². The first kappa shape index (κ1) is 24.7. The first-order valence-corrected chi connectivity index (χ1v) is 10.5. The van der Waals surface area contributed by atoms with E-state index in [4.69, 9.17) is 0 Å². The summed E-state index contributed by atoms with van der Waals surface area (Å²) in [6.45, 7) is 6.04. The number of nitrogens with one attached hydrogen (secondary N) is 2. The standard InChI is InChI=1S/C21H35N3O5/c1-4-5-6-7-8-10-15(2)19(21(28)29)23-20(27)16(3)17-11-9-12-24(17)18(26)13-22-14-25/h8,10,14-17,19H,4-7,9,11-13H2,1-3H3,(H,22,25)(H,23,27)(H,28,29)/b10-8-. The number of carboxylic acid groups (broad SMARTS) is 1. The molecule has 1 aliphatic heterocycles. The molecule has 0 radical (unpaired) electrons. The monoisotopic (exact) mass is 409 g/mol. The zero-order valence-corrected chi connectivity index (χ0v) is 17.7. The molecule has 1 aliphatic rings. The summed E-state index contributed by atoms with van der Waals surface area (Å²) >= 11 is 0. The van der Waals surface area contributed by atoms with E-state index < -0.39 is 17.9 Å². The summed E-state index contributed by atoms with van der Waals surface area (Å²) in [5.74, 6) is -2.58. The van der Waals surface area contributed by atoms with Crippen LogP contribution < -0.4 is 10.6 Å².